The van der Waals surface area contributed by atoms with Gasteiger partial charge in [-0.05, 0) is 49.4 Å². The van der Waals surface area contributed by atoms with Gasteiger partial charge in [-0.15, -0.1) is 0 Å². The Bertz CT molecular complexity index is 850. The lowest BCUT2D eigenvalue weighted by atomic mass is 9.79. The number of likely N-dealkylation sites (tertiary alicyclic amines) is 1. The third-order valence-corrected chi connectivity index (χ3v) is 6.37. The van der Waals surface area contributed by atoms with Gasteiger partial charge >= 0.3 is 0 Å². The summed E-state index contributed by atoms with van der Waals surface area (Å²) < 4.78 is 11.3. The van der Waals surface area contributed by atoms with Crippen molar-refractivity contribution in [2.45, 2.75) is 43.4 Å². The molecule has 4 rings (SSSR count). The first-order valence-electron chi connectivity index (χ1n) is 9.85. The first kappa shape index (κ1) is 19.0. The van der Waals surface area contributed by atoms with E-state index in [4.69, 9.17) is 9.47 Å². The van der Waals surface area contributed by atoms with Gasteiger partial charge in [0.2, 0.25) is 0 Å². The van der Waals surface area contributed by atoms with E-state index in [2.05, 4.69) is 0 Å². The number of benzene rings is 2. The second kappa shape index (κ2) is 7.57. The Labute approximate surface area is 165 Å². The first-order valence-corrected chi connectivity index (χ1v) is 9.85. The number of hydrogen-bond donors (Lipinski definition) is 1. The van der Waals surface area contributed by atoms with Gasteiger partial charge in [-0.2, -0.15) is 0 Å². The number of nitrogens with zero attached hydrogens (tertiary/aromatic N) is 1. The largest absolute Gasteiger partial charge is 0.496 e. The molecule has 2 aromatic rings. The van der Waals surface area contributed by atoms with Gasteiger partial charge in [0.1, 0.15) is 5.75 Å². The summed E-state index contributed by atoms with van der Waals surface area (Å²) in [6.07, 6.45) is 2.57. The summed E-state index contributed by atoms with van der Waals surface area (Å²) in [6, 6.07) is 15.4. The molecule has 0 aromatic heterocycles. The normalized spacial score (nSPS) is 26.8. The van der Waals surface area contributed by atoms with Crippen LogP contribution in [0.5, 0.6) is 5.75 Å². The fourth-order valence-electron chi connectivity index (χ4n) is 4.76. The second-order valence-corrected chi connectivity index (χ2v) is 7.74. The molecule has 5 heteroatoms. The number of para-hydroxylation sites is 1. The zero-order valence-electron chi connectivity index (χ0n) is 16.4. The molecule has 0 bridgehead atoms. The number of amides is 1. The number of carbonyl (C=O) groups excluding carboxylic acids is 1. The molecule has 1 aliphatic heterocycles. The summed E-state index contributed by atoms with van der Waals surface area (Å²) in [7, 11) is 3.38. The highest BCUT2D eigenvalue weighted by Gasteiger charge is 2.52. The maximum Gasteiger partial charge on any atom is 0.254 e. The summed E-state index contributed by atoms with van der Waals surface area (Å²) in [5.74, 6) is 0.812. The Morgan fingerprint density at radius 2 is 1.86 bits per heavy atom. The van der Waals surface area contributed by atoms with E-state index in [0.717, 1.165) is 36.1 Å². The van der Waals surface area contributed by atoms with Gasteiger partial charge in [0.25, 0.3) is 5.91 Å². The molecule has 2 fully saturated rings. The van der Waals surface area contributed by atoms with Gasteiger partial charge in [0.05, 0.1) is 24.9 Å². The number of rotatable bonds is 4. The van der Waals surface area contributed by atoms with E-state index in [-0.39, 0.29) is 23.7 Å². The van der Waals surface area contributed by atoms with Crippen LogP contribution in [-0.4, -0.2) is 54.4 Å². The molecule has 0 spiro atoms. The lowest BCUT2D eigenvalue weighted by molar-refractivity contribution is -0.0824. The monoisotopic (exact) mass is 381 g/mol. The number of methoxy groups -OCH3 is 2. The summed E-state index contributed by atoms with van der Waals surface area (Å²) in [5, 5.41) is 10.1. The molecule has 1 saturated heterocycles. The van der Waals surface area contributed by atoms with Crippen molar-refractivity contribution in [3.05, 3.63) is 54.1 Å². The lowest BCUT2D eigenvalue weighted by Crippen LogP contribution is -2.52. The third-order valence-electron chi connectivity index (χ3n) is 6.37. The molecule has 1 N–H and O–H groups in total. The number of aliphatic hydroxyl groups is 1. The summed E-state index contributed by atoms with van der Waals surface area (Å²) in [6.45, 7) is 0.665. The quantitative estimate of drug-likeness (QED) is 0.881. The van der Waals surface area contributed by atoms with Gasteiger partial charge in [0, 0.05) is 24.8 Å². The van der Waals surface area contributed by atoms with Gasteiger partial charge in [-0.1, -0.05) is 30.3 Å². The number of carbonyl (C=O) groups is 1. The van der Waals surface area contributed by atoms with E-state index in [0.29, 0.717) is 18.5 Å². The van der Waals surface area contributed by atoms with Crippen molar-refractivity contribution >= 4 is 5.91 Å². The number of fused-ring (bicyclic) bond motifs is 1. The predicted octanol–water partition coefficient (Wildman–Crippen LogP) is 3.51. The highest BCUT2D eigenvalue weighted by atomic mass is 16.5. The molecule has 0 radical (unpaired) electrons. The molecule has 148 valence electrons. The van der Waals surface area contributed by atoms with Gasteiger partial charge in [-0.25, -0.2) is 0 Å². The van der Waals surface area contributed by atoms with Crippen LogP contribution in [0.3, 0.4) is 0 Å². The smallest absolute Gasteiger partial charge is 0.254 e. The third kappa shape index (κ3) is 3.19. The van der Waals surface area contributed by atoms with Crippen LogP contribution in [0.15, 0.2) is 48.5 Å². The average Bonchev–Trinajstić information content (AvgIpc) is 3.12. The molecule has 1 heterocycles. The van der Waals surface area contributed by atoms with Crippen LogP contribution >= 0.6 is 0 Å². The van der Waals surface area contributed by atoms with Crippen LogP contribution in [0.25, 0.3) is 11.1 Å². The molecular weight excluding hydrogens is 354 g/mol. The van der Waals surface area contributed by atoms with E-state index in [1.165, 1.54) is 0 Å². The Balaban J connectivity index is 1.57. The van der Waals surface area contributed by atoms with Crippen molar-refractivity contribution in [2.24, 2.45) is 0 Å². The Morgan fingerprint density at radius 3 is 2.57 bits per heavy atom. The molecule has 1 aliphatic carbocycles. The standard InChI is InChI=1S/C23H27NO4/c1-27-20-6-4-3-5-19(20)16-7-9-17(10-8-16)22(26)24-14-13-23(28-2)12-11-18(25)15-21(23)24/h3-10,18,21,25H,11-15H2,1-2H3/t18-,21-,23+/m0/s1. The SMILES string of the molecule is COc1ccccc1-c1ccc(C(=O)N2CC[C@]3(OC)CC[C@H](O)C[C@H]23)cc1. The minimum Gasteiger partial charge on any atom is -0.496 e. The van der Waals surface area contributed by atoms with Gasteiger partial charge in [-0.3, -0.25) is 4.79 Å². The molecule has 0 unspecified atom stereocenters. The van der Waals surface area contributed by atoms with E-state index in [9.17, 15) is 9.90 Å². The lowest BCUT2D eigenvalue weighted by Gasteiger charge is -2.42. The topological polar surface area (TPSA) is 59.0 Å². The zero-order chi connectivity index (χ0) is 19.7. The zero-order valence-corrected chi connectivity index (χ0v) is 16.4. The maximum absolute atomic E-state index is 13.2. The van der Waals surface area contributed by atoms with Crippen molar-refractivity contribution in [3.8, 4) is 16.9 Å². The van der Waals surface area contributed by atoms with Crippen molar-refractivity contribution in [1.29, 1.82) is 0 Å². The highest BCUT2D eigenvalue weighted by Crippen LogP contribution is 2.43. The van der Waals surface area contributed by atoms with Gasteiger partial charge < -0.3 is 19.5 Å². The Kier molecular flexibility index (Phi) is 5.13. The fourth-order valence-corrected chi connectivity index (χ4v) is 4.76. The van der Waals surface area contributed by atoms with Gasteiger partial charge in [0.15, 0.2) is 0 Å². The van der Waals surface area contributed by atoms with Crippen LogP contribution < -0.4 is 4.74 Å². The second-order valence-electron chi connectivity index (χ2n) is 7.74. The first-order chi connectivity index (χ1) is 13.6. The molecule has 3 atom stereocenters. The molecular formula is C23H27NO4. The fraction of sp³-hybridized carbons (Fsp3) is 0.435. The van der Waals surface area contributed by atoms with Crippen LogP contribution in [0, 0.1) is 0 Å². The van der Waals surface area contributed by atoms with Crippen LogP contribution in [0.1, 0.15) is 36.0 Å². The Hall–Kier alpha value is -2.37. The van der Waals surface area contributed by atoms with Crippen LogP contribution in [0.4, 0.5) is 0 Å². The number of hydrogen-bond acceptors (Lipinski definition) is 4. The average molecular weight is 381 g/mol. The minimum absolute atomic E-state index is 0.00426. The van der Waals surface area contributed by atoms with Crippen molar-refractivity contribution < 1.29 is 19.4 Å². The predicted molar refractivity (Wildman–Crippen MR) is 107 cm³/mol. The van der Waals surface area contributed by atoms with E-state index in [1.807, 2.05) is 53.4 Å². The molecule has 2 aliphatic rings. The van der Waals surface area contributed by atoms with Crippen molar-refractivity contribution in [2.75, 3.05) is 20.8 Å². The molecule has 2 aromatic carbocycles. The minimum atomic E-state index is -0.366. The molecule has 28 heavy (non-hydrogen) atoms. The summed E-state index contributed by atoms with van der Waals surface area (Å²) >= 11 is 0. The number of aliphatic hydroxyl groups excluding tert-OH is 1. The summed E-state index contributed by atoms with van der Waals surface area (Å²) in [5.41, 5.74) is 2.35. The summed E-state index contributed by atoms with van der Waals surface area (Å²) in [4.78, 5) is 15.1. The van der Waals surface area contributed by atoms with Crippen molar-refractivity contribution in [3.63, 3.8) is 0 Å². The molecule has 5 nitrogen and oxygen atoms in total. The highest BCUT2D eigenvalue weighted by molar-refractivity contribution is 5.95. The van der Waals surface area contributed by atoms with Crippen LogP contribution in [0.2, 0.25) is 0 Å². The van der Waals surface area contributed by atoms with Crippen molar-refractivity contribution in [1.82, 2.24) is 4.90 Å². The Morgan fingerprint density at radius 1 is 1.11 bits per heavy atom. The molecule has 1 saturated carbocycles. The van der Waals surface area contributed by atoms with E-state index >= 15 is 0 Å². The van der Waals surface area contributed by atoms with E-state index in [1.54, 1.807) is 14.2 Å². The molecule has 1 amide bonds. The maximum atomic E-state index is 13.2. The van der Waals surface area contributed by atoms with Crippen LogP contribution in [-0.2, 0) is 4.74 Å². The number of ether oxygens (including phenoxy) is 2. The van der Waals surface area contributed by atoms with E-state index < -0.39 is 0 Å².